The lowest BCUT2D eigenvalue weighted by Crippen LogP contribution is -2.37. The highest BCUT2D eigenvalue weighted by molar-refractivity contribution is 5.76. The molecule has 0 aliphatic heterocycles. The van der Waals surface area contributed by atoms with E-state index in [0.717, 1.165) is 42.5 Å². The van der Waals surface area contributed by atoms with Crippen molar-refractivity contribution < 1.29 is 19.1 Å². The Morgan fingerprint density at radius 3 is 2.52 bits per heavy atom. The number of unbranched alkanes of at least 4 members (excludes halogenated alkanes) is 2. The van der Waals surface area contributed by atoms with Crippen molar-refractivity contribution in [2.45, 2.75) is 52.2 Å². The second kappa shape index (κ2) is 8.99. The largest absolute Gasteiger partial charge is 0.478 e. The predicted molar refractivity (Wildman–Crippen MR) is 113 cm³/mol. The fourth-order valence-corrected chi connectivity index (χ4v) is 3.01. The summed E-state index contributed by atoms with van der Waals surface area (Å²) in [6.45, 7) is 6.75. The first kappa shape index (κ1) is 20.7. The van der Waals surface area contributed by atoms with Gasteiger partial charge in [-0.3, -0.25) is 0 Å². The van der Waals surface area contributed by atoms with Gasteiger partial charge in [-0.2, -0.15) is 4.98 Å². The molecule has 0 saturated heterocycles. The van der Waals surface area contributed by atoms with Gasteiger partial charge in [-0.05, 0) is 50.1 Å². The minimum Gasteiger partial charge on any atom is -0.478 e. The molecule has 0 spiro atoms. The normalized spacial score (nSPS) is 11.6. The quantitative estimate of drug-likeness (QED) is 0.471. The van der Waals surface area contributed by atoms with Crippen molar-refractivity contribution in [3.63, 3.8) is 0 Å². The number of oxazole rings is 1. The standard InChI is InChI=1S/C23H28N2O4/c1-4-5-8-15-25(22-24-19-9-6-7-10-20(19)28-22)16-17-11-13-18(14-12-17)29-23(2,3)21(26)27/h6-7,9-14H,4-5,8,15-16H2,1-3H3,(H,26,27). The first-order valence-electron chi connectivity index (χ1n) is 10.0. The molecule has 3 rings (SSSR count). The molecule has 0 radical (unpaired) electrons. The molecule has 6 heteroatoms. The monoisotopic (exact) mass is 396 g/mol. The Bertz CT molecular complexity index is 914. The second-order valence-corrected chi connectivity index (χ2v) is 7.65. The number of ether oxygens (including phenoxy) is 1. The summed E-state index contributed by atoms with van der Waals surface area (Å²) in [7, 11) is 0. The molecule has 1 aromatic heterocycles. The van der Waals surface area contributed by atoms with E-state index < -0.39 is 11.6 Å². The van der Waals surface area contributed by atoms with Gasteiger partial charge in [-0.1, -0.05) is 44.0 Å². The van der Waals surface area contributed by atoms with Gasteiger partial charge < -0.3 is 19.2 Å². The number of aromatic nitrogens is 1. The highest BCUT2D eigenvalue weighted by Gasteiger charge is 2.29. The van der Waals surface area contributed by atoms with Crippen LogP contribution in [0.5, 0.6) is 5.75 Å². The molecule has 154 valence electrons. The number of hydrogen-bond donors (Lipinski definition) is 1. The van der Waals surface area contributed by atoms with Crippen molar-refractivity contribution in [1.29, 1.82) is 0 Å². The van der Waals surface area contributed by atoms with Gasteiger partial charge in [-0.25, -0.2) is 4.79 Å². The summed E-state index contributed by atoms with van der Waals surface area (Å²) in [6.07, 6.45) is 3.35. The van der Waals surface area contributed by atoms with Gasteiger partial charge in [0.25, 0.3) is 6.01 Å². The molecule has 6 nitrogen and oxygen atoms in total. The Morgan fingerprint density at radius 1 is 1.14 bits per heavy atom. The first-order valence-corrected chi connectivity index (χ1v) is 10.0. The highest BCUT2D eigenvalue weighted by Crippen LogP contribution is 2.25. The molecule has 0 saturated carbocycles. The maximum Gasteiger partial charge on any atom is 0.347 e. The topological polar surface area (TPSA) is 75.8 Å². The van der Waals surface area contributed by atoms with Crippen LogP contribution in [-0.2, 0) is 11.3 Å². The van der Waals surface area contributed by atoms with Crippen LogP contribution in [0.2, 0.25) is 0 Å². The zero-order valence-corrected chi connectivity index (χ0v) is 17.2. The summed E-state index contributed by atoms with van der Waals surface area (Å²) in [4.78, 5) is 18.0. The third kappa shape index (κ3) is 5.28. The molecule has 0 unspecified atom stereocenters. The smallest absolute Gasteiger partial charge is 0.347 e. The van der Waals surface area contributed by atoms with Gasteiger partial charge in [0, 0.05) is 13.1 Å². The molecule has 1 heterocycles. The maximum absolute atomic E-state index is 11.2. The third-order valence-electron chi connectivity index (χ3n) is 4.77. The van der Waals surface area contributed by atoms with Crippen LogP contribution in [0.25, 0.3) is 11.1 Å². The van der Waals surface area contributed by atoms with Crippen LogP contribution in [0.1, 0.15) is 45.6 Å². The number of anilines is 1. The number of carboxylic acids is 1. The molecule has 2 aromatic carbocycles. The molecule has 1 N–H and O–H groups in total. The lowest BCUT2D eigenvalue weighted by Gasteiger charge is -2.23. The molecular weight excluding hydrogens is 368 g/mol. The number of fused-ring (bicyclic) bond motifs is 1. The fourth-order valence-electron chi connectivity index (χ4n) is 3.01. The number of para-hydroxylation sites is 2. The van der Waals surface area contributed by atoms with E-state index in [1.165, 1.54) is 13.8 Å². The molecular formula is C23H28N2O4. The molecule has 0 bridgehead atoms. The molecule has 3 aromatic rings. The van der Waals surface area contributed by atoms with E-state index >= 15 is 0 Å². The van der Waals surface area contributed by atoms with E-state index in [1.807, 2.05) is 36.4 Å². The van der Waals surface area contributed by atoms with E-state index in [-0.39, 0.29) is 0 Å². The van der Waals surface area contributed by atoms with Crippen molar-refractivity contribution in [1.82, 2.24) is 4.98 Å². The number of aliphatic carboxylic acids is 1. The van der Waals surface area contributed by atoms with Crippen LogP contribution in [-0.4, -0.2) is 28.2 Å². The van der Waals surface area contributed by atoms with Gasteiger partial charge in [0.05, 0.1) is 0 Å². The van der Waals surface area contributed by atoms with E-state index in [9.17, 15) is 9.90 Å². The predicted octanol–water partition coefficient (Wildman–Crippen LogP) is 5.27. The third-order valence-corrected chi connectivity index (χ3v) is 4.77. The van der Waals surface area contributed by atoms with E-state index in [4.69, 9.17) is 9.15 Å². The Balaban J connectivity index is 1.76. The van der Waals surface area contributed by atoms with Gasteiger partial charge in [-0.15, -0.1) is 0 Å². The number of nitrogens with zero attached hydrogens (tertiary/aromatic N) is 2. The van der Waals surface area contributed by atoms with Crippen LogP contribution in [0.4, 0.5) is 6.01 Å². The molecule has 29 heavy (non-hydrogen) atoms. The summed E-state index contributed by atoms with van der Waals surface area (Å²) in [6, 6.07) is 15.9. The Labute approximate surface area is 171 Å². The fraction of sp³-hybridized carbons (Fsp3) is 0.391. The lowest BCUT2D eigenvalue weighted by atomic mass is 10.1. The SMILES string of the molecule is CCCCCN(Cc1ccc(OC(C)(C)C(=O)O)cc1)c1nc2ccccc2o1. The summed E-state index contributed by atoms with van der Waals surface area (Å²) < 4.78 is 11.6. The van der Waals surface area contributed by atoms with E-state index in [0.29, 0.717) is 18.3 Å². The number of carbonyl (C=O) groups is 1. The van der Waals surface area contributed by atoms with Crippen molar-refractivity contribution in [2.24, 2.45) is 0 Å². The zero-order valence-electron chi connectivity index (χ0n) is 17.2. The summed E-state index contributed by atoms with van der Waals surface area (Å²) >= 11 is 0. The Kier molecular flexibility index (Phi) is 6.42. The van der Waals surface area contributed by atoms with Gasteiger partial charge in [0.1, 0.15) is 11.3 Å². The van der Waals surface area contributed by atoms with Crippen molar-refractivity contribution in [3.8, 4) is 5.75 Å². The molecule has 0 fully saturated rings. The zero-order chi connectivity index (χ0) is 20.9. The Hall–Kier alpha value is -3.02. The van der Waals surface area contributed by atoms with Crippen molar-refractivity contribution in [2.75, 3.05) is 11.4 Å². The minimum absolute atomic E-state index is 0.528. The number of benzene rings is 2. The molecule has 0 aliphatic carbocycles. The number of carboxylic acid groups (broad SMARTS) is 1. The maximum atomic E-state index is 11.2. The minimum atomic E-state index is -1.27. The first-order chi connectivity index (χ1) is 13.9. The Morgan fingerprint density at radius 2 is 1.86 bits per heavy atom. The molecule has 0 aliphatic rings. The average molecular weight is 396 g/mol. The van der Waals surface area contributed by atoms with E-state index in [1.54, 1.807) is 12.1 Å². The van der Waals surface area contributed by atoms with E-state index in [2.05, 4.69) is 16.8 Å². The lowest BCUT2D eigenvalue weighted by molar-refractivity contribution is -0.152. The summed E-state index contributed by atoms with van der Waals surface area (Å²) in [5.74, 6) is -0.472. The summed E-state index contributed by atoms with van der Waals surface area (Å²) in [5, 5.41) is 9.22. The average Bonchev–Trinajstić information content (AvgIpc) is 3.12. The molecule has 0 atom stereocenters. The van der Waals surface area contributed by atoms with Crippen LogP contribution in [0.15, 0.2) is 52.9 Å². The van der Waals surface area contributed by atoms with Gasteiger partial charge in [0.2, 0.25) is 0 Å². The van der Waals surface area contributed by atoms with Crippen molar-refractivity contribution >= 4 is 23.1 Å². The summed E-state index contributed by atoms with van der Waals surface area (Å²) in [5.41, 5.74) is 1.43. The van der Waals surface area contributed by atoms with Crippen LogP contribution in [0, 0.1) is 0 Å². The highest BCUT2D eigenvalue weighted by atomic mass is 16.5. The van der Waals surface area contributed by atoms with Crippen molar-refractivity contribution in [3.05, 3.63) is 54.1 Å². The van der Waals surface area contributed by atoms with Crippen LogP contribution >= 0.6 is 0 Å². The van der Waals surface area contributed by atoms with Crippen LogP contribution in [0.3, 0.4) is 0 Å². The second-order valence-electron chi connectivity index (χ2n) is 7.65. The number of rotatable bonds is 10. The van der Waals surface area contributed by atoms with Gasteiger partial charge in [0.15, 0.2) is 11.2 Å². The van der Waals surface area contributed by atoms with Crippen LogP contribution < -0.4 is 9.64 Å². The number of hydrogen-bond acceptors (Lipinski definition) is 5. The van der Waals surface area contributed by atoms with Gasteiger partial charge >= 0.3 is 5.97 Å². The molecule has 0 amide bonds.